The Hall–Kier alpha value is -0.680. The SMILES string of the molecule is Cc1nn(CC(=O)NCCS)c(C)c1Cl. The second-order valence-electron chi connectivity index (χ2n) is 3.22. The van der Waals surface area contributed by atoms with Gasteiger partial charge in [0.25, 0.3) is 0 Å². The van der Waals surface area contributed by atoms with E-state index < -0.39 is 0 Å². The van der Waals surface area contributed by atoms with E-state index in [1.54, 1.807) is 4.68 Å². The summed E-state index contributed by atoms with van der Waals surface area (Å²) in [5.41, 5.74) is 1.56. The standard InChI is InChI=1S/C9H14ClN3OS/c1-6-9(10)7(2)13(12-6)5-8(14)11-3-4-15/h15H,3-5H2,1-2H3,(H,11,14). The fourth-order valence-corrected chi connectivity index (χ4v) is 1.46. The van der Waals surface area contributed by atoms with Gasteiger partial charge in [0.05, 0.1) is 16.4 Å². The zero-order valence-electron chi connectivity index (χ0n) is 8.75. The van der Waals surface area contributed by atoms with Gasteiger partial charge in [-0.15, -0.1) is 0 Å². The minimum atomic E-state index is -0.0775. The zero-order valence-corrected chi connectivity index (χ0v) is 10.4. The third kappa shape index (κ3) is 3.14. The molecule has 1 heterocycles. The number of hydrogen-bond donors (Lipinski definition) is 2. The summed E-state index contributed by atoms with van der Waals surface area (Å²) in [4.78, 5) is 11.4. The summed E-state index contributed by atoms with van der Waals surface area (Å²) in [6.07, 6.45) is 0. The largest absolute Gasteiger partial charge is 0.354 e. The Balaban J connectivity index is 2.64. The molecule has 0 aliphatic rings. The van der Waals surface area contributed by atoms with Crippen LogP contribution in [0.2, 0.25) is 5.02 Å². The molecule has 1 aromatic heterocycles. The van der Waals surface area contributed by atoms with Gasteiger partial charge in [-0.2, -0.15) is 17.7 Å². The summed E-state index contributed by atoms with van der Waals surface area (Å²) in [5.74, 6) is 0.551. The molecule has 15 heavy (non-hydrogen) atoms. The lowest BCUT2D eigenvalue weighted by atomic mass is 10.4. The van der Waals surface area contributed by atoms with Gasteiger partial charge in [-0.25, -0.2) is 0 Å². The van der Waals surface area contributed by atoms with E-state index in [0.717, 1.165) is 11.4 Å². The number of thiol groups is 1. The van der Waals surface area contributed by atoms with Crippen molar-refractivity contribution in [1.29, 1.82) is 0 Å². The van der Waals surface area contributed by atoms with Crippen molar-refractivity contribution in [3.63, 3.8) is 0 Å². The van der Waals surface area contributed by atoms with Gasteiger partial charge in [-0.1, -0.05) is 11.6 Å². The molecule has 0 unspecified atom stereocenters. The summed E-state index contributed by atoms with van der Waals surface area (Å²) in [6, 6.07) is 0. The molecule has 1 N–H and O–H groups in total. The fourth-order valence-electron chi connectivity index (χ4n) is 1.22. The molecule has 1 amide bonds. The third-order valence-corrected chi connectivity index (χ3v) is 2.79. The number of halogens is 1. The van der Waals surface area contributed by atoms with E-state index in [4.69, 9.17) is 11.6 Å². The van der Waals surface area contributed by atoms with E-state index in [-0.39, 0.29) is 12.5 Å². The highest BCUT2D eigenvalue weighted by atomic mass is 35.5. The monoisotopic (exact) mass is 247 g/mol. The first-order valence-corrected chi connectivity index (χ1v) is 5.64. The average Bonchev–Trinajstić information content (AvgIpc) is 2.43. The second kappa shape index (κ2) is 5.42. The van der Waals surface area contributed by atoms with E-state index in [1.807, 2.05) is 13.8 Å². The lowest BCUT2D eigenvalue weighted by Crippen LogP contribution is -2.29. The number of carbonyl (C=O) groups is 1. The molecule has 0 atom stereocenters. The van der Waals surface area contributed by atoms with E-state index >= 15 is 0 Å². The Kier molecular flexibility index (Phi) is 4.47. The van der Waals surface area contributed by atoms with Gasteiger partial charge >= 0.3 is 0 Å². The maximum atomic E-state index is 11.4. The number of nitrogens with one attached hydrogen (secondary N) is 1. The van der Waals surface area contributed by atoms with Gasteiger partial charge < -0.3 is 5.32 Å². The van der Waals surface area contributed by atoms with Crippen molar-refractivity contribution in [2.45, 2.75) is 20.4 Å². The third-order valence-electron chi connectivity index (χ3n) is 2.02. The number of aryl methyl sites for hydroxylation is 1. The molecule has 6 heteroatoms. The van der Waals surface area contributed by atoms with Crippen LogP contribution in [0.4, 0.5) is 0 Å². The lowest BCUT2D eigenvalue weighted by Gasteiger charge is -2.04. The maximum absolute atomic E-state index is 11.4. The molecule has 0 radical (unpaired) electrons. The van der Waals surface area contributed by atoms with Crippen LogP contribution in [0, 0.1) is 13.8 Å². The topological polar surface area (TPSA) is 46.9 Å². The molecule has 84 valence electrons. The lowest BCUT2D eigenvalue weighted by molar-refractivity contribution is -0.121. The number of aromatic nitrogens is 2. The summed E-state index contributed by atoms with van der Waals surface area (Å²) < 4.78 is 1.60. The molecule has 0 fully saturated rings. The van der Waals surface area contributed by atoms with Crippen LogP contribution in [0.5, 0.6) is 0 Å². The van der Waals surface area contributed by atoms with E-state index in [9.17, 15) is 4.79 Å². The van der Waals surface area contributed by atoms with Crippen LogP contribution in [0.15, 0.2) is 0 Å². The summed E-state index contributed by atoms with van der Waals surface area (Å²) >= 11 is 9.96. The van der Waals surface area contributed by atoms with E-state index in [1.165, 1.54) is 0 Å². The molecule has 1 aromatic rings. The van der Waals surface area contributed by atoms with Gasteiger partial charge in [-0.3, -0.25) is 9.48 Å². The molecule has 0 aliphatic heterocycles. The second-order valence-corrected chi connectivity index (χ2v) is 4.04. The summed E-state index contributed by atoms with van der Waals surface area (Å²) in [5, 5.41) is 7.50. The molecular formula is C9H14ClN3OS. The smallest absolute Gasteiger partial charge is 0.241 e. The molecular weight excluding hydrogens is 234 g/mol. The van der Waals surface area contributed by atoms with Crippen molar-refractivity contribution < 1.29 is 4.79 Å². The van der Waals surface area contributed by atoms with Gasteiger partial charge in [0.2, 0.25) is 5.91 Å². The van der Waals surface area contributed by atoms with Crippen molar-refractivity contribution in [2.75, 3.05) is 12.3 Å². The highest BCUT2D eigenvalue weighted by molar-refractivity contribution is 7.80. The molecule has 1 rings (SSSR count). The van der Waals surface area contributed by atoms with Crippen molar-refractivity contribution in [3.05, 3.63) is 16.4 Å². The molecule has 4 nitrogen and oxygen atoms in total. The molecule has 0 saturated heterocycles. The molecule has 0 saturated carbocycles. The number of hydrogen-bond acceptors (Lipinski definition) is 3. The van der Waals surface area contributed by atoms with Crippen LogP contribution in [0.1, 0.15) is 11.4 Å². The van der Waals surface area contributed by atoms with Crippen LogP contribution in [-0.4, -0.2) is 28.0 Å². The Bertz CT molecular complexity index is 364. The predicted molar refractivity (Wildman–Crippen MR) is 63.6 cm³/mol. The fraction of sp³-hybridized carbons (Fsp3) is 0.556. The maximum Gasteiger partial charge on any atom is 0.241 e. The Morgan fingerprint density at radius 1 is 1.60 bits per heavy atom. The first-order valence-electron chi connectivity index (χ1n) is 4.63. The van der Waals surface area contributed by atoms with E-state index in [0.29, 0.717) is 17.3 Å². The normalized spacial score (nSPS) is 10.4. The van der Waals surface area contributed by atoms with Crippen LogP contribution in [0.25, 0.3) is 0 Å². The van der Waals surface area contributed by atoms with Gasteiger partial charge in [0, 0.05) is 12.3 Å². The number of nitrogens with zero attached hydrogens (tertiary/aromatic N) is 2. The predicted octanol–water partition coefficient (Wildman–Crippen LogP) is 1.20. The van der Waals surface area contributed by atoms with Crippen molar-refractivity contribution in [2.24, 2.45) is 0 Å². The van der Waals surface area contributed by atoms with Crippen LogP contribution in [0.3, 0.4) is 0 Å². The Labute approximate surface area is 99.4 Å². The van der Waals surface area contributed by atoms with E-state index in [2.05, 4.69) is 23.0 Å². The van der Waals surface area contributed by atoms with Gasteiger partial charge in [0.15, 0.2) is 0 Å². The van der Waals surface area contributed by atoms with Gasteiger partial charge in [0.1, 0.15) is 6.54 Å². The molecule has 0 bridgehead atoms. The highest BCUT2D eigenvalue weighted by Gasteiger charge is 2.11. The van der Waals surface area contributed by atoms with Crippen LogP contribution in [-0.2, 0) is 11.3 Å². The first kappa shape index (κ1) is 12.4. The van der Waals surface area contributed by atoms with Crippen molar-refractivity contribution in [3.8, 4) is 0 Å². The van der Waals surface area contributed by atoms with Crippen molar-refractivity contribution >= 4 is 30.1 Å². The Morgan fingerprint density at radius 2 is 2.27 bits per heavy atom. The minimum absolute atomic E-state index is 0.0775. The molecule has 0 spiro atoms. The van der Waals surface area contributed by atoms with Crippen LogP contribution < -0.4 is 5.32 Å². The number of amides is 1. The van der Waals surface area contributed by atoms with Crippen LogP contribution >= 0.6 is 24.2 Å². The summed E-state index contributed by atoms with van der Waals surface area (Å²) in [7, 11) is 0. The first-order chi connectivity index (χ1) is 7.06. The average molecular weight is 248 g/mol. The molecule has 0 aromatic carbocycles. The van der Waals surface area contributed by atoms with Crippen molar-refractivity contribution in [1.82, 2.24) is 15.1 Å². The van der Waals surface area contributed by atoms with Gasteiger partial charge in [-0.05, 0) is 13.8 Å². The molecule has 0 aliphatic carbocycles. The number of carbonyl (C=O) groups excluding carboxylic acids is 1. The number of rotatable bonds is 4. The Morgan fingerprint density at radius 3 is 2.73 bits per heavy atom. The minimum Gasteiger partial charge on any atom is -0.354 e. The quantitative estimate of drug-likeness (QED) is 0.786. The summed E-state index contributed by atoms with van der Waals surface area (Å²) in [6.45, 7) is 4.42. The highest BCUT2D eigenvalue weighted by Crippen LogP contribution is 2.18. The zero-order chi connectivity index (χ0) is 11.4.